The van der Waals surface area contributed by atoms with Gasteiger partial charge < -0.3 is 5.32 Å². The maximum atomic E-state index is 12.3. The molecule has 0 atom stereocenters. The molecule has 2 aromatic rings. The molecule has 0 spiro atoms. The first kappa shape index (κ1) is 15.2. The maximum absolute atomic E-state index is 12.3. The minimum absolute atomic E-state index is 0.0160. The molecule has 0 aliphatic carbocycles. The number of benzene rings is 1. The van der Waals surface area contributed by atoms with E-state index in [2.05, 4.69) is 10.3 Å². The van der Waals surface area contributed by atoms with Crippen LogP contribution in [0, 0.1) is 0 Å². The van der Waals surface area contributed by atoms with E-state index >= 15 is 0 Å². The Kier molecular flexibility index (Phi) is 3.83. The summed E-state index contributed by atoms with van der Waals surface area (Å²) in [5.74, 6) is -0.994. The highest BCUT2D eigenvalue weighted by atomic mass is 32.2. The number of carbonyl (C=O) groups is 2. The van der Waals surface area contributed by atoms with Crippen LogP contribution in [0.2, 0.25) is 0 Å². The number of nitrogens with one attached hydrogen (secondary N) is 1. The van der Waals surface area contributed by atoms with Crippen molar-refractivity contribution >= 4 is 27.5 Å². The Morgan fingerprint density at radius 2 is 1.96 bits per heavy atom. The highest BCUT2D eigenvalue weighted by Crippen LogP contribution is 2.29. The Bertz CT molecular complexity index is 865. The van der Waals surface area contributed by atoms with Crippen LogP contribution < -0.4 is 5.32 Å². The molecule has 0 unspecified atom stereocenters. The molecule has 1 aromatic heterocycles. The number of amides is 2. The standard InChI is InChI=1S/C15H13N3O4S/c19-14(17-11-4-3-8-16-10-11)7-9-18-15(20)12-5-1-2-6-13(12)23(18,21)22/h1-6,8,10H,7,9H2,(H,17,19). The predicted octanol–water partition coefficient (Wildman–Crippen LogP) is 1.25. The summed E-state index contributed by atoms with van der Waals surface area (Å²) < 4.78 is 25.4. The number of pyridine rings is 1. The second-order valence-electron chi connectivity index (χ2n) is 4.92. The van der Waals surface area contributed by atoms with Gasteiger partial charge in [-0.3, -0.25) is 14.6 Å². The van der Waals surface area contributed by atoms with Crippen molar-refractivity contribution in [1.29, 1.82) is 0 Å². The van der Waals surface area contributed by atoms with Crippen molar-refractivity contribution in [2.24, 2.45) is 0 Å². The zero-order chi connectivity index (χ0) is 16.4. The van der Waals surface area contributed by atoms with E-state index < -0.39 is 21.8 Å². The molecule has 2 heterocycles. The van der Waals surface area contributed by atoms with Gasteiger partial charge in [0.2, 0.25) is 5.91 Å². The summed E-state index contributed by atoms with van der Waals surface area (Å²) in [6.07, 6.45) is 2.92. The van der Waals surface area contributed by atoms with Crippen molar-refractivity contribution in [1.82, 2.24) is 9.29 Å². The van der Waals surface area contributed by atoms with Gasteiger partial charge in [0.25, 0.3) is 15.9 Å². The van der Waals surface area contributed by atoms with Crippen LogP contribution in [0.15, 0.2) is 53.7 Å². The van der Waals surface area contributed by atoms with E-state index in [1.54, 1.807) is 30.5 Å². The van der Waals surface area contributed by atoms with Crippen LogP contribution in [0.5, 0.6) is 0 Å². The number of aromatic nitrogens is 1. The van der Waals surface area contributed by atoms with E-state index in [1.165, 1.54) is 18.3 Å². The summed E-state index contributed by atoms with van der Waals surface area (Å²) in [6, 6.07) is 9.34. The molecule has 118 valence electrons. The van der Waals surface area contributed by atoms with Crippen LogP contribution in [-0.4, -0.2) is 36.1 Å². The fraction of sp³-hybridized carbons (Fsp3) is 0.133. The van der Waals surface area contributed by atoms with Crippen molar-refractivity contribution in [3.8, 4) is 0 Å². The topological polar surface area (TPSA) is 96.4 Å². The van der Waals surface area contributed by atoms with Crippen molar-refractivity contribution in [2.75, 3.05) is 11.9 Å². The van der Waals surface area contributed by atoms with E-state index in [-0.39, 0.29) is 23.4 Å². The third-order valence-electron chi connectivity index (χ3n) is 3.40. The van der Waals surface area contributed by atoms with Gasteiger partial charge in [-0.2, -0.15) is 0 Å². The quantitative estimate of drug-likeness (QED) is 0.909. The summed E-state index contributed by atoms with van der Waals surface area (Å²) in [6.45, 7) is -0.206. The first-order valence-corrected chi connectivity index (χ1v) is 8.30. The minimum atomic E-state index is -3.87. The summed E-state index contributed by atoms with van der Waals surface area (Å²) >= 11 is 0. The highest BCUT2D eigenvalue weighted by molar-refractivity contribution is 7.90. The molecule has 1 aromatic carbocycles. The molecule has 1 aliphatic rings. The summed E-state index contributed by atoms with van der Waals surface area (Å²) in [7, 11) is -3.87. The number of sulfonamides is 1. The molecular formula is C15H13N3O4S. The van der Waals surface area contributed by atoms with E-state index in [1.807, 2.05) is 0 Å². The number of nitrogens with zero attached hydrogens (tertiary/aromatic N) is 2. The fourth-order valence-corrected chi connectivity index (χ4v) is 3.89. The highest BCUT2D eigenvalue weighted by Gasteiger charge is 2.40. The lowest BCUT2D eigenvalue weighted by Crippen LogP contribution is -2.33. The molecule has 23 heavy (non-hydrogen) atoms. The Balaban J connectivity index is 1.70. The Hall–Kier alpha value is -2.74. The Labute approximate surface area is 133 Å². The largest absolute Gasteiger partial charge is 0.325 e. The predicted molar refractivity (Wildman–Crippen MR) is 82.1 cm³/mol. The van der Waals surface area contributed by atoms with Crippen molar-refractivity contribution in [3.05, 3.63) is 54.4 Å². The Morgan fingerprint density at radius 1 is 1.17 bits per heavy atom. The van der Waals surface area contributed by atoms with E-state index in [9.17, 15) is 18.0 Å². The van der Waals surface area contributed by atoms with Crippen LogP contribution in [0.3, 0.4) is 0 Å². The van der Waals surface area contributed by atoms with Crippen LogP contribution in [-0.2, 0) is 14.8 Å². The fourth-order valence-electron chi connectivity index (χ4n) is 2.32. The van der Waals surface area contributed by atoms with Crippen molar-refractivity contribution in [3.63, 3.8) is 0 Å². The number of carbonyl (C=O) groups excluding carboxylic acids is 2. The third-order valence-corrected chi connectivity index (χ3v) is 5.24. The second-order valence-corrected chi connectivity index (χ2v) is 6.75. The molecule has 0 saturated heterocycles. The average Bonchev–Trinajstić information content (AvgIpc) is 2.74. The summed E-state index contributed by atoms with van der Waals surface area (Å²) in [5.41, 5.74) is 0.650. The van der Waals surface area contributed by atoms with E-state index in [4.69, 9.17) is 0 Å². The van der Waals surface area contributed by atoms with Gasteiger partial charge in [-0.1, -0.05) is 12.1 Å². The number of anilines is 1. The minimum Gasteiger partial charge on any atom is -0.325 e. The average molecular weight is 331 g/mol. The molecule has 7 nitrogen and oxygen atoms in total. The lowest BCUT2D eigenvalue weighted by Gasteiger charge is -2.14. The molecule has 0 fully saturated rings. The first-order chi connectivity index (χ1) is 11.0. The van der Waals surface area contributed by atoms with Crippen molar-refractivity contribution < 1.29 is 18.0 Å². The summed E-state index contributed by atoms with van der Waals surface area (Å²) in [4.78, 5) is 27.9. The zero-order valence-corrected chi connectivity index (χ0v) is 12.8. The smallest absolute Gasteiger partial charge is 0.269 e. The van der Waals surface area contributed by atoms with Crippen LogP contribution in [0.4, 0.5) is 5.69 Å². The van der Waals surface area contributed by atoms with Crippen LogP contribution in [0.25, 0.3) is 0 Å². The molecule has 1 aliphatic heterocycles. The lowest BCUT2D eigenvalue weighted by molar-refractivity contribution is -0.116. The van der Waals surface area contributed by atoms with E-state index in [0.717, 1.165) is 4.31 Å². The van der Waals surface area contributed by atoms with E-state index in [0.29, 0.717) is 5.69 Å². The SMILES string of the molecule is O=C(CCN1C(=O)c2ccccc2S1(=O)=O)Nc1cccnc1. The second kappa shape index (κ2) is 5.81. The number of hydrogen-bond donors (Lipinski definition) is 1. The zero-order valence-electron chi connectivity index (χ0n) is 12.0. The molecule has 3 rings (SSSR count). The maximum Gasteiger partial charge on any atom is 0.269 e. The van der Waals surface area contributed by atoms with Gasteiger partial charge in [0, 0.05) is 19.2 Å². The molecule has 2 amide bonds. The molecule has 0 bridgehead atoms. The van der Waals surface area contributed by atoms with Gasteiger partial charge in [-0.25, -0.2) is 12.7 Å². The molecule has 0 saturated carbocycles. The number of hydrogen-bond acceptors (Lipinski definition) is 5. The van der Waals surface area contributed by atoms with Gasteiger partial charge in [-0.15, -0.1) is 0 Å². The van der Waals surface area contributed by atoms with Gasteiger partial charge in [0.05, 0.1) is 17.4 Å². The molecule has 0 radical (unpaired) electrons. The van der Waals surface area contributed by atoms with Crippen LogP contribution >= 0.6 is 0 Å². The monoisotopic (exact) mass is 331 g/mol. The molecule has 1 N–H and O–H groups in total. The van der Waals surface area contributed by atoms with Crippen LogP contribution in [0.1, 0.15) is 16.8 Å². The van der Waals surface area contributed by atoms with Gasteiger partial charge >= 0.3 is 0 Å². The summed E-state index contributed by atoms with van der Waals surface area (Å²) in [5, 5.41) is 2.59. The van der Waals surface area contributed by atoms with Gasteiger partial charge in [0.15, 0.2) is 0 Å². The third kappa shape index (κ3) is 2.80. The molecule has 8 heteroatoms. The first-order valence-electron chi connectivity index (χ1n) is 6.86. The normalized spacial score (nSPS) is 15.3. The van der Waals surface area contributed by atoms with Gasteiger partial charge in [0.1, 0.15) is 4.90 Å². The number of fused-ring (bicyclic) bond motifs is 1. The van der Waals surface area contributed by atoms with Crippen molar-refractivity contribution in [2.45, 2.75) is 11.3 Å². The van der Waals surface area contributed by atoms with Gasteiger partial charge in [-0.05, 0) is 24.3 Å². The Morgan fingerprint density at radius 3 is 2.65 bits per heavy atom. The lowest BCUT2D eigenvalue weighted by atomic mass is 10.2. The molecular weight excluding hydrogens is 318 g/mol. The number of rotatable bonds is 4.